The SMILES string of the molecule is CCOC(=O)c1nc(CC)n(CCc2ccc(Cl)s2)c1N. The summed E-state index contributed by atoms with van der Waals surface area (Å²) in [5.74, 6) is 0.689. The van der Waals surface area contributed by atoms with Gasteiger partial charge in [0.2, 0.25) is 0 Å². The molecule has 0 atom stereocenters. The molecule has 0 aliphatic heterocycles. The highest BCUT2D eigenvalue weighted by atomic mass is 35.5. The molecule has 0 unspecified atom stereocenters. The standard InChI is InChI=1S/C14H18ClN3O2S/c1-3-11-17-12(14(19)20-4-2)13(16)18(11)8-7-9-5-6-10(15)21-9/h5-6H,3-4,7-8,16H2,1-2H3. The van der Waals surface area contributed by atoms with Crippen molar-refractivity contribution in [2.75, 3.05) is 12.3 Å². The zero-order valence-corrected chi connectivity index (χ0v) is 13.6. The van der Waals surface area contributed by atoms with Gasteiger partial charge in [0.15, 0.2) is 5.69 Å². The van der Waals surface area contributed by atoms with E-state index in [9.17, 15) is 4.79 Å². The predicted octanol–water partition coefficient (Wildman–Crippen LogP) is 3.16. The molecule has 0 fully saturated rings. The summed E-state index contributed by atoms with van der Waals surface area (Å²) in [4.78, 5) is 17.3. The van der Waals surface area contributed by atoms with Crippen molar-refractivity contribution in [1.29, 1.82) is 0 Å². The van der Waals surface area contributed by atoms with E-state index in [2.05, 4.69) is 4.98 Å². The average Bonchev–Trinajstić information content (AvgIpc) is 3.00. The Kier molecular flexibility index (Phi) is 5.25. The number of esters is 1. The molecule has 2 aromatic rings. The molecular formula is C14H18ClN3O2S. The van der Waals surface area contributed by atoms with E-state index in [1.165, 1.54) is 4.88 Å². The summed E-state index contributed by atoms with van der Waals surface area (Å²) in [6.45, 7) is 4.71. The fourth-order valence-electron chi connectivity index (χ4n) is 2.09. The van der Waals surface area contributed by atoms with Crippen LogP contribution in [0.25, 0.3) is 0 Å². The van der Waals surface area contributed by atoms with Gasteiger partial charge < -0.3 is 15.0 Å². The lowest BCUT2D eigenvalue weighted by molar-refractivity contribution is 0.0521. The molecule has 0 aromatic carbocycles. The molecule has 2 aromatic heterocycles. The first-order valence-electron chi connectivity index (χ1n) is 6.83. The molecule has 0 bridgehead atoms. The normalized spacial score (nSPS) is 10.8. The molecule has 0 aliphatic carbocycles. The summed E-state index contributed by atoms with van der Waals surface area (Å²) in [5.41, 5.74) is 6.26. The molecular weight excluding hydrogens is 310 g/mol. The van der Waals surface area contributed by atoms with Crippen LogP contribution in [0.15, 0.2) is 12.1 Å². The van der Waals surface area contributed by atoms with Gasteiger partial charge in [0.25, 0.3) is 0 Å². The number of imidazole rings is 1. The van der Waals surface area contributed by atoms with Gasteiger partial charge in [-0.1, -0.05) is 18.5 Å². The van der Waals surface area contributed by atoms with E-state index in [1.54, 1.807) is 18.3 Å². The Bertz CT molecular complexity index is 636. The van der Waals surface area contributed by atoms with Crippen LogP contribution in [-0.4, -0.2) is 22.1 Å². The molecule has 0 amide bonds. The topological polar surface area (TPSA) is 70.1 Å². The van der Waals surface area contributed by atoms with Gasteiger partial charge in [-0.25, -0.2) is 9.78 Å². The van der Waals surface area contributed by atoms with Crippen LogP contribution >= 0.6 is 22.9 Å². The van der Waals surface area contributed by atoms with E-state index < -0.39 is 5.97 Å². The second-order valence-corrected chi connectivity index (χ2v) is 6.24. The molecule has 0 saturated heterocycles. The number of hydrogen-bond acceptors (Lipinski definition) is 5. The highest BCUT2D eigenvalue weighted by Crippen LogP contribution is 2.23. The van der Waals surface area contributed by atoms with Crippen LogP contribution in [0.5, 0.6) is 0 Å². The van der Waals surface area contributed by atoms with Crippen LogP contribution in [0.1, 0.15) is 35.0 Å². The third-order valence-electron chi connectivity index (χ3n) is 3.08. The number of nitrogen functional groups attached to an aromatic ring is 1. The Balaban J connectivity index is 2.19. The lowest BCUT2D eigenvalue weighted by Crippen LogP contribution is -2.11. The molecule has 114 valence electrons. The molecule has 2 N–H and O–H groups in total. The predicted molar refractivity (Wildman–Crippen MR) is 85.0 cm³/mol. The van der Waals surface area contributed by atoms with Crippen LogP contribution < -0.4 is 5.73 Å². The summed E-state index contributed by atoms with van der Waals surface area (Å²) in [7, 11) is 0. The lowest BCUT2D eigenvalue weighted by Gasteiger charge is -2.07. The van der Waals surface area contributed by atoms with Gasteiger partial charge in [0, 0.05) is 17.8 Å². The van der Waals surface area contributed by atoms with Gasteiger partial charge in [-0.15, -0.1) is 11.3 Å². The number of carbonyl (C=O) groups excluding carboxylic acids is 1. The van der Waals surface area contributed by atoms with Crippen LogP contribution in [-0.2, 0) is 24.1 Å². The minimum atomic E-state index is -0.470. The first-order valence-corrected chi connectivity index (χ1v) is 8.02. The third kappa shape index (κ3) is 3.57. The number of carbonyl (C=O) groups is 1. The van der Waals surface area contributed by atoms with Gasteiger partial charge in [-0.05, 0) is 25.5 Å². The number of ether oxygens (including phenoxy) is 1. The number of nitrogens with zero attached hydrogens (tertiary/aromatic N) is 2. The largest absolute Gasteiger partial charge is 0.461 e. The van der Waals surface area contributed by atoms with Crippen molar-refractivity contribution < 1.29 is 9.53 Å². The first-order chi connectivity index (χ1) is 10.1. The molecule has 2 rings (SSSR count). The van der Waals surface area contributed by atoms with Gasteiger partial charge in [0.05, 0.1) is 10.9 Å². The van der Waals surface area contributed by atoms with E-state index >= 15 is 0 Å². The summed E-state index contributed by atoms with van der Waals surface area (Å²) in [6.07, 6.45) is 1.50. The van der Waals surface area contributed by atoms with E-state index in [-0.39, 0.29) is 5.69 Å². The monoisotopic (exact) mass is 327 g/mol. The molecule has 0 spiro atoms. The van der Waals surface area contributed by atoms with Crippen LogP contribution in [0.2, 0.25) is 4.34 Å². The Hall–Kier alpha value is -1.53. The maximum absolute atomic E-state index is 11.8. The Morgan fingerprint density at radius 2 is 2.24 bits per heavy atom. The van der Waals surface area contributed by atoms with Gasteiger partial charge in [-0.3, -0.25) is 0 Å². The molecule has 5 nitrogen and oxygen atoms in total. The van der Waals surface area contributed by atoms with Crippen molar-refractivity contribution in [2.45, 2.75) is 33.2 Å². The summed E-state index contributed by atoms with van der Waals surface area (Å²) in [5, 5.41) is 0. The number of halogens is 1. The Morgan fingerprint density at radius 3 is 2.81 bits per heavy atom. The number of thiophene rings is 1. The quantitative estimate of drug-likeness (QED) is 0.827. The molecule has 2 heterocycles. The van der Waals surface area contributed by atoms with E-state index in [1.807, 2.05) is 23.6 Å². The third-order valence-corrected chi connectivity index (χ3v) is 4.37. The van der Waals surface area contributed by atoms with Gasteiger partial charge in [-0.2, -0.15) is 0 Å². The maximum Gasteiger partial charge on any atom is 0.360 e. The number of nitrogens with two attached hydrogens (primary N) is 1. The fraction of sp³-hybridized carbons (Fsp3) is 0.429. The van der Waals surface area contributed by atoms with E-state index in [0.29, 0.717) is 25.4 Å². The zero-order valence-electron chi connectivity index (χ0n) is 12.1. The molecule has 0 aliphatic rings. The molecule has 7 heteroatoms. The number of hydrogen-bond donors (Lipinski definition) is 1. The van der Waals surface area contributed by atoms with Crippen molar-refractivity contribution in [3.8, 4) is 0 Å². The van der Waals surface area contributed by atoms with E-state index in [4.69, 9.17) is 22.1 Å². The Morgan fingerprint density at radius 1 is 1.48 bits per heavy atom. The maximum atomic E-state index is 11.8. The van der Waals surface area contributed by atoms with Crippen molar-refractivity contribution in [1.82, 2.24) is 9.55 Å². The van der Waals surface area contributed by atoms with Crippen LogP contribution in [0, 0.1) is 0 Å². The summed E-state index contributed by atoms with van der Waals surface area (Å²) in [6, 6.07) is 3.88. The van der Waals surface area contributed by atoms with Crippen molar-refractivity contribution >= 4 is 34.7 Å². The smallest absolute Gasteiger partial charge is 0.360 e. The van der Waals surface area contributed by atoms with E-state index in [0.717, 1.165) is 16.6 Å². The van der Waals surface area contributed by atoms with Crippen LogP contribution in [0.3, 0.4) is 0 Å². The number of aryl methyl sites for hydroxylation is 2. The minimum absolute atomic E-state index is 0.206. The second kappa shape index (κ2) is 6.95. The summed E-state index contributed by atoms with van der Waals surface area (Å²) >= 11 is 7.47. The highest BCUT2D eigenvalue weighted by Gasteiger charge is 2.20. The lowest BCUT2D eigenvalue weighted by atomic mass is 10.3. The van der Waals surface area contributed by atoms with Crippen molar-refractivity contribution in [3.05, 3.63) is 32.9 Å². The second-order valence-electron chi connectivity index (χ2n) is 4.44. The number of anilines is 1. The van der Waals surface area contributed by atoms with Gasteiger partial charge >= 0.3 is 5.97 Å². The average molecular weight is 328 g/mol. The summed E-state index contributed by atoms with van der Waals surface area (Å²) < 4.78 is 7.62. The van der Waals surface area contributed by atoms with Gasteiger partial charge in [0.1, 0.15) is 11.6 Å². The van der Waals surface area contributed by atoms with Crippen molar-refractivity contribution in [3.63, 3.8) is 0 Å². The van der Waals surface area contributed by atoms with Crippen LogP contribution in [0.4, 0.5) is 5.82 Å². The first kappa shape index (κ1) is 15.9. The number of aromatic nitrogens is 2. The Labute approximate surface area is 132 Å². The van der Waals surface area contributed by atoms with Crippen molar-refractivity contribution in [2.24, 2.45) is 0 Å². The fourth-order valence-corrected chi connectivity index (χ4v) is 3.17. The molecule has 21 heavy (non-hydrogen) atoms. The molecule has 0 radical (unpaired) electrons. The highest BCUT2D eigenvalue weighted by molar-refractivity contribution is 7.16. The zero-order chi connectivity index (χ0) is 15.4. The number of rotatable bonds is 6. The molecule has 0 saturated carbocycles. The minimum Gasteiger partial charge on any atom is -0.461 e.